The smallest absolute Gasteiger partial charge is 0.134 e. The molecular formula is C22H20FNO. The van der Waals surface area contributed by atoms with Crippen LogP contribution in [0.25, 0.3) is 17.0 Å². The second-order valence-electron chi connectivity index (χ2n) is 6.41. The average Bonchev–Trinajstić information content (AvgIpc) is 3.06. The van der Waals surface area contributed by atoms with Crippen molar-refractivity contribution in [3.8, 4) is 0 Å². The summed E-state index contributed by atoms with van der Waals surface area (Å²) in [6.45, 7) is 2.87. The normalized spacial score (nSPS) is 15.8. The Morgan fingerprint density at radius 3 is 2.68 bits per heavy atom. The quantitative estimate of drug-likeness (QED) is 0.634. The Hall–Kier alpha value is -2.65. The van der Waals surface area contributed by atoms with Gasteiger partial charge >= 0.3 is 0 Å². The molecule has 0 bridgehead atoms. The van der Waals surface area contributed by atoms with Gasteiger partial charge in [0.1, 0.15) is 11.4 Å². The standard InChI is InChI=1S/C22H20FNO/c23-20-9-7-17(8-10-20)5-6-18-11-13-24(14-12-18)15-19-16-25-22-4-2-1-3-21(19)22/h1-11,16H,12-15H2. The fourth-order valence-corrected chi connectivity index (χ4v) is 3.20. The molecule has 0 unspecified atom stereocenters. The van der Waals surface area contributed by atoms with E-state index < -0.39 is 0 Å². The van der Waals surface area contributed by atoms with Crippen LogP contribution in [0, 0.1) is 5.82 Å². The van der Waals surface area contributed by atoms with Crippen molar-refractivity contribution in [2.75, 3.05) is 13.1 Å². The van der Waals surface area contributed by atoms with Crippen molar-refractivity contribution < 1.29 is 8.81 Å². The van der Waals surface area contributed by atoms with Gasteiger partial charge in [-0.1, -0.05) is 48.6 Å². The van der Waals surface area contributed by atoms with Crippen LogP contribution in [-0.2, 0) is 6.54 Å². The van der Waals surface area contributed by atoms with E-state index in [1.165, 1.54) is 28.7 Å². The summed E-state index contributed by atoms with van der Waals surface area (Å²) in [6.07, 6.45) is 9.35. The first-order valence-corrected chi connectivity index (χ1v) is 8.58. The van der Waals surface area contributed by atoms with E-state index in [0.717, 1.165) is 37.2 Å². The minimum Gasteiger partial charge on any atom is -0.464 e. The number of benzene rings is 2. The largest absolute Gasteiger partial charge is 0.464 e. The number of allylic oxidation sites excluding steroid dienone is 1. The molecule has 3 heteroatoms. The molecule has 2 nitrogen and oxygen atoms in total. The lowest BCUT2D eigenvalue weighted by Crippen LogP contribution is -2.27. The number of nitrogens with zero attached hydrogens (tertiary/aromatic N) is 1. The van der Waals surface area contributed by atoms with E-state index in [0.29, 0.717) is 0 Å². The highest BCUT2D eigenvalue weighted by Crippen LogP contribution is 2.23. The highest BCUT2D eigenvalue weighted by molar-refractivity contribution is 5.80. The topological polar surface area (TPSA) is 16.4 Å². The monoisotopic (exact) mass is 333 g/mol. The summed E-state index contributed by atoms with van der Waals surface area (Å²) >= 11 is 0. The lowest BCUT2D eigenvalue weighted by molar-refractivity contribution is 0.287. The highest BCUT2D eigenvalue weighted by Gasteiger charge is 2.13. The van der Waals surface area contributed by atoms with Crippen molar-refractivity contribution in [3.05, 3.63) is 89.5 Å². The van der Waals surface area contributed by atoms with E-state index in [4.69, 9.17) is 4.42 Å². The zero-order valence-corrected chi connectivity index (χ0v) is 14.0. The van der Waals surface area contributed by atoms with E-state index in [2.05, 4.69) is 29.2 Å². The Morgan fingerprint density at radius 2 is 1.88 bits per heavy atom. The predicted octanol–water partition coefficient (Wildman–Crippen LogP) is 5.42. The maximum absolute atomic E-state index is 12.9. The van der Waals surface area contributed by atoms with Crippen LogP contribution in [-0.4, -0.2) is 18.0 Å². The summed E-state index contributed by atoms with van der Waals surface area (Å²) in [5, 5.41) is 1.20. The van der Waals surface area contributed by atoms with Gasteiger partial charge in [0.25, 0.3) is 0 Å². The van der Waals surface area contributed by atoms with Gasteiger partial charge in [-0.05, 0) is 35.8 Å². The van der Waals surface area contributed by atoms with Crippen molar-refractivity contribution in [1.29, 1.82) is 0 Å². The molecule has 0 amide bonds. The molecule has 0 aliphatic carbocycles. The molecule has 4 rings (SSSR count). The first-order chi connectivity index (χ1) is 12.3. The van der Waals surface area contributed by atoms with Crippen LogP contribution in [0.2, 0.25) is 0 Å². The Morgan fingerprint density at radius 1 is 1.04 bits per heavy atom. The fraction of sp³-hybridized carbons (Fsp3) is 0.182. The summed E-state index contributed by atoms with van der Waals surface area (Å²) < 4.78 is 18.6. The van der Waals surface area contributed by atoms with Gasteiger partial charge in [0.15, 0.2) is 0 Å². The molecule has 0 saturated heterocycles. The number of fused-ring (bicyclic) bond motifs is 1. The molecule has 0 fully saturated rings. The second kappa shape index (κ2) is 7.08. The molecule has 1 aliphatic heterocycles. The maximum Gasteiger partial charge on any atom is 0.134 e. The summed E-state index contributed by atoms with van der Waals surface area (Å²) in [6, 6.07) is 14.8. The van der Waals surface area contributed by atoms with E-state index >= 15 is 0 Å². The lowest BCUT2D eigenvalue weighted by Gasteiger charge is -2.25. The Kier molecular flexibility index (Phi) is 4.49. The van der Waals surface area contributed by atoms with Crippen LogP contribution in [0.5, 0.6) is 0 Å². The second-order valence-corrected chi connectivity index (χ2v) is 6.41. The first-order valence-electron chi connectivity index (χ1n) is 8.58. The lowest BCUT2D eigenvalue weighted by atomic mass is 10.1. The Balaban J connectivity index is 1.39. The van der Waals surface area contributed by atoms with E-state index in [1.807, 2.05) is 24.5 Å². The zero-order valence-electron chi connectivity index (χ0n) is 14.0. The summed E-state index contributed by atoms with van der Waals surface area (Å²) in [7, 11) is 0. The Bertz CT molecular complexity index is 921. The van der Waals surface area contributed by atoms with Crippen molar-refractivity contribution in [2.45, 2.75) is 13.0 Å². The van der Waals surface area contributed by atoms with Crippen LogP contribution in [0.1, 0.15) is 17.5 Å². The molecule has 126 valence electrons. The molecule has 2 heterocycles. The number of hydrogen-bond donors (Lipinski definition) is 0. The van der Waals surface area contributed by atoms with Gasteiger partial charge in [-0.2, -0.15) is 0 Å². The third kappa shape index (κ3) is 3.72. The average molecular weight is 333 g/mol. The van der Waals surface area contributed by atoms with Gasteiger partial charge in [-0.25, -0.2) is 4.39 Å². The maximum atomic E-state index is 12.9. The SMILES string of the molecule is Fc1ccc(C=CC2=CCN(Cc3coc4ccccc34)CC2)cc1. The van der Waals surface area contributed by atoms with E-state index in [9.17, 15) is 4.39 Å². The van der Waals surface area contributed by atoms with Gasteiger partial charge in [0.2, 0.25) is 0 Å². The van der Waals surface area contributed by atoms with E-state index in [-0.39, 0.29) is 5.82 Å². The van der Waals surface area contributed by atoms with Gasteiger partial charge in [0.05, 0.1) is 6.26 Å². The first kappa shape index (κ1) is 15.9. The van der Waals surface area contributed by atoms with Gasteiger partial charge in [-0.15, -0.1) is 0 Å². The van der Waals surface area contributed by atoms with Crippen LogP contribution < -0.4 is 0 Å². The molecule has 3 aromatic rings. The van der Waals surface area contributed by atoms with Gasteiger partial charge in [0, 0.05) is 30.6 Å². The molecule has 2 aromatic carbocycles. The fourth-order valence-electron chi connectivity index (χ4n) is 3.20. The van der Waals surface area contributed by atoms with Gasteiger partial charge in [-0.3, -0.25) is 4.90 Å². The molecule has 0 N–H and O–H groups in total. The molecule has 0 saturated carbocycles. The van der Waals surface area contributed by atoms with Crippen LogP contribution in [0.3, 0.4) is 0 Å². The number of para-hydroxylation sites is 1. The molecule has 1 aromatic heterocycles. The minimum atomic E-state index is -0.198. The number of hydrogen-bond acceptors (Lipinski definition) is 2. The van der Waals surface area contributed by atoms with Crippen molar-refractivity contribution in [1.82, 2.24) is 4.90 Å². The van der Waals surface area contributed by atoms with Crippen molar-refractivity contribution >= 4 is 17.0 Å². The zero-order chi connectivity index (χ0) is 17.1. The number of halogens is 1. The van der Waals surface area contributed by atoms with Crippen LogP contribution >= 0.6 is 0 Å². The van der Waals surface area contributed by atoms with Gasteiger partial charge < -0.3 is 4.42 Å². The highest BCUT2D eigenvalue weighted by atomic mass is 19.1. The third-order valence-electron chi connectivity index (χ3n) is 4.64. The number of furan rings is 1. The van der Waals surface area contributed by atoms with E-state index in [1.54, 1.807) is 12.1 Å². The predicted molar refractivity (Wildman–Crippen MR) is 99.6 cm³/mol. The Labute approximate surface area is 146 Å². The summed E-state index contributed by atoms with van der Waals surface area (Å²) in [5.41, 5.74) is 4.55. The van der Waals surface area contributed by atoms with Crippen LogP contribution in [0.15, 0.2) is 76.9 Å². The molecule has 0 spiro atoms. The summed E-state index contributed by atoms with van der Waals surface area (Å²) in [4.78, 5) is 2.42. The van der Waals surface area contributed by atoms with Crippen LogP contribution in [0.4, 0.5) is 4.39 Å². The van der Waals surface area contributed by atoms with Crippen molar-refractivity contribution in [2.24, 2.45) is 0 Å². The summed E-state index contributed by atoms with van der Waals surface area (Å²) in [5.74, 6) is -0.198. The van der Waals surface area contributed by atoms with Crippen molar-refractivity contribution in [3.63, 3.8) is 0 Å². The third-order valence-corrected chi connectivity index (χ3v) is 4.64. The molecule has 0 atom stereocenters. The molecule has 25 heavy (non-hydrogen) atoms. The molecule has 1 aliphatic rings. The molecular weight excluding hydrogens is 313 g/mol. The number of rotatable bonds is 4. The molecule has 0 radical (unpaired) electrons. The minimum absolute atomic E-state index is 0.198.